The van der Waals surface area contributed by atoms with Crippen LogP contribution in [0.1, 0.15) is 18.1 Å². The highest BCUT2D eigenvalue weighted by Crippen LogP contribution is 2.32. The van der Waals surface area contributed by atoms with Gasteiger partial charge < -0.3 is 4.74 Å². The summed E-state index contributed by atoms with van der Waals surface area (Å²) in [5.74, 6) is 1.59. The fourth-order valence-electron chi connectivity index (χ4n) is 3.09. The molecule has 0 aliphatic carbocycles. The van der Waals surface area contributed by atoms with Crippen LogP contribution in [0.25, 0.3) is 10.8 Å². The Labute approximate surface area is 204 Å². The SMILES string of the molecule is COc1cccc(/C(C)=N\NC(=O)CSc2nnc(SCc3cccc4ccccc34)s2)c1. The topological polar surface area (TPSA) is 76.5 Å². The van der Waals surface area contributed by atoms with Crippen LogP contribution in [0.15, 0.2) is 80.5 Å². The first-order chi connectivity index (χ1) is 16.1. The summed E-state index contributed by atoms with van der Waals surface area (Å²) in [4.78, 5) is 12.2. The number of benzene rings is 3. The number of rotatable bonds is 9. The molecule has 0 saturated carbocycles. The third-order valence-corrected chi connectivity index (χ3v) is 8.02. The number of hydrogen-bond acceptors (Lipinski definition) is 8. The second-order valence-electron chi connectivity index (χ2n) is 7.01. The lowest BCUT2D eigenvalue weighted by atomic mass is 10.1. The van der Waals surface area contributed by atoms with E-state index in [0.29, 0.717) is 5.71 Å². The van der Waals surface area contributed by atoms with Crippen molar-refractivity contribution in [2.45, 2.75) is 21.4 Å². The van der Waals surface area contributed by atoms with E-state index < -0.39 is 0 Å². The van der Waals surface area contributed by atoms with Crippen LogP contribution in [0, 0.1) is 0 Å². The smallest absolute Gasteiger partial charge is 0.250 e. The summed E-state index contributed by atoms with van der Waals surface area (Å²) in [5, 5.41) is 15.1. The number of methoxy groups -OCH3 is 1. The number of amides is 1. The summed E-state index contributed by atoms with van der Waals surface area (Å²) in [5.41, 5.74) is 5.46. The Hall–Kier alpha value is -2.88. The van der Waals surface area contributed by atoms with Gasteiger partial charge in [0.25, 0.3) is 5.91 Å². The van der Waals surface area contributed by atoms with Crippen molar-refractivity contribution < 1.29 is 9.53 Å². The molecule has 6 nitrogen and oxygen atoms in total. The molecule has 4 aromatic rings. The lowest BCUT2D eigenvalue weighted by Gasteiger charge is -2.05. The molecular formula is C24H22N4O2S3. The predicted molar refractivity (Wildman–Crippen MR) is 137 cm³/mol. The molecule has 0 aliphatic heterocycles. The molecule has 1 amide bonds. The van der Waals surface area contributed by atoms with Crippen molar-refractivity contribution >= 4 is 57.3 Å². The number of ether oxygens (including phenoxy) is 1. The molecule has 1 aromatic heterocycles. The molecule has 0 radical (unpaired) electrons. The highest BCUT2D eigenvalue weighted by Gasteiger charge is 2.10. The van der Waals surface area contributed by atoms with Crippen LogP contribution in [0.4, 0.5) is 0 Å². The number of hydrogen-bond donors (Lipinski definition) is 1. The molecule has 1 heterocycles. The zero-order valence-electron chi connectivity index (χ0n) is 18.1. The molecule has 0 atom stereocenters. The van der Waals surface area contributed by atoms with Gasteiger partial charge in [0.15, 0.2) is 8.68 Å². The molecule has 4 rings (SSSR count). The first-order valence-corrected chi connectivity index (χ1v) is 12.9. The molecule has 0 saturated heterocycles. The van der Waals surface area contributed by atoms with Crippen LogP contribution in [0.3, 0.4) is 0 Å². The van der Waals surface area contributed by atoms with Gasteiger partial charge in [-0.3, -0.25) is 4.79 Å². The van der Waals surface area contributed by atoms with E-state index in [9.17, 15) is 4.79 Å². The normalized spacial score (nSPS) is 11.5. The predicted octanol–water partition coefficient (Wildman–Crippen LogP) is 5.62. The summed E-state index contributed by atoms with van der Waals surface area (Å²) in [6, 6.07) is 22.3. The molecule has 0 spiro atoms. The van der Waals surface area contributed by atoms with E-state index >= 15 is 0 Å². The molecular weight excluding hydrogens is 472 g/mol. The average Bonchev–Trinajstić information content (AvgIpc) is 3.32. The number of thioether (sulfide) groups is 2. The maximum Gasteiger partial charge on any atom is 0.250 e. The number of carbonyl (C=O) groups excluding carboxylic acids is 1. The van der Waals surface area contributed by atoms with Crippen molar-refractivity contribution in [3.63, 3.8) is 0 Å². The fraction of sp³-hybridized carbons (Fsp3) is 0.167. The van der Waals surface area contributed by atoms with Crippen molar-refractivity contribution in [3.05, 3.63) is 77.9 Å². The molecule has 33 heavy (non-hydrogen) atoms. The standard InChI is InChI=1S/C24H22N4O2S3/c1-16(18-9-6-11-20(13-18)30-2)25-26-22(29)15-32-24-28-27-23(33-24)31-14-19-10-5-8-17-7-3-4-12-21(17)19/h3-13H,14-15H2,1-2H3,(H,26,29)/b25-16-. The lowest BCUT2D eigenvalue weighted by molar-refractivity contribution is -0.118. The molecule has 3 aromatic carbocycles. The van der Waals surface area contributed by atoms with Gasteiger partial charge >= 0.3 is 0 Å². The molecule has 0 fully saturated rings. The first kappa shape index (κ1) is 23.3. The minimum atomic E-state index is -0.192. The third kappa shape index (κ3) is 6.34. The van der Waals surface area contributed by atoms with Gasteiger partial charge in [0, 0.05) is 11.3 Å². The van der Waals surface area contributed by atoms with Gasteiger partial charge in [0.1, 0.15) is 5.75 Å². The molecule has 1 N–H and O–H groups in total. The summed E-state index contributed by atoms with van der Waals surface area (Å²) in [7, 11) is 1.62. The number of carbonyl (C=O) groups is 1. The maximum absolute atomic E-state index is 12.2. The Morgan fingerprint density at radius 2 is 1.79 bits per heavy atom. The molecule has 0 unspecified atom stereocenters. The Morgan fingerprint density at radius 1 is 1.03 bits per heavy atom. The van der Waals surface area contributed by atoms with Crippen LogP contribution in [0.5, 0.6) is 5.75 Å². The Balaban J connectivity index is 1.27. The second-order valence-corrected chi connectivity index (χ2v) is 10.4. The maximum atomic E-state index is 12.2. The molecule has 9 heteroatoms. The Kier molecular flexibility index (Phi) is 7.98. The van der Waals surface area contributed by atoms with Crippen molar-refractivity contribution in [3.8, 4) is 5.75 Å². The van der Waals surface area contributed by atoms with Gasteiger partial charge in [-0.05, 0) is 35.4 Å². The van der Waals surface area contributed by atoms with Crippen molar-refractivity contribution in [1.29, 1.82) is 0 Å². The lowest BCUT2D eigenvalue weighted by Crippen LogP contribution is -2.21. The summed E-state index contributed by atoms with van der Waals surface area (Å²) >= 11 is 4.51. The van der Waals surface area contributed by atoms with Gasteiger partial charge in [-0.1, -0.05) is 89.5 Å². The highest BCUT2D eigenvalue weighted by molar-refractivity contribution is 8.03. The summed E-state index contributed by atoms with van der Waals surface area (Å²) < 4.78 is 6.87. The molecule has 168 valence electrons. The quantitative estimate of drug-likeness (QED) is 0.185. The number of hydrazone groups is 1. The Bertz CT molecular complexity index is 1280. The number of fused-ring (bicyclic) bond motifs is 1. The highest BCUT2D eigenvalue weighted by atomic mass is 32.2. The summed E-state index contributed by atoms with van der Waals surface area (Å²) in [6.07, 6.45) is 0. The largest absolute Gasteiger partial charge is 0.497 e. The summed E-state index contributed by atoms with van der Waals surface area (Å²) in [6.45, 7) is 1.84. The molecule has 0 bridgehead atoms. The van der Waals surface area contributed by atoms with E-state index in [0.717, 1.165) is 25.7 Å². The van der Waals surface area contributed by atoms with Crippen LogP contribution in [-0.4, -0.2) is 34.7 Å². The van der Waals surface area contributed by atoms with Gasteiger partial charge in [-0.25, -0.2) is 5.43 Å². The van der Waals surface area contributed by atoms with E-state index in [1.54, 1.807) is 18.9 Å². The van der Waals surface area contributed by atoms with Crippen LogP contribution < -0.4 is 10.2 Å². The zero-order valence-corrected chi connectivity index (χ0v) is 20.6. The van der Waals surface area contributed by atoms with Gasteiger partial charge in [0.05, 0.1) is 18.6 Å². The van der Waals surface area contributed by atoms with E-state index in [-0.39, 0.29) is 11.7 Å². The second kappa shape index (κ2) is 11.3. The first-order valence-electron chi connectivity index (χ1n) is 10.2. The monoisotopic (exact) mass is 494 g/mol. The van der Waals surface area contributed by atoms with E-state index in [1.165, 1.54) is 39.4 Å². The van der Waals surface area contributed by atoms with Crippen LogP contribution in [0.2, 0.25) is 0 Å². The minimum Gasteiger partial charge on any atom is -0.497 e. The van der Waals surface area contributed by atoms with E-state index in [1.807, 2.05) is 31.2 Å². The van der Waals surface area contributed by atoms with Crippen molar-refractivity contribution in [1.82, 2.24) is 15.6 Å². The fourth-order valence-corrected chi connectivity index (χ4v) is 5.91. The van der Waals surface area contributed by atoms with Crippen LogP contribution >= 0.6 is 34.9 Å². The van der Waals surface area contributed by atoms with E-state index in [4.69, 9.17) is 4.74 Å². The number of nitrogens with zero attached hydrogens (tertiary/aromatic N) is 3. The van der Waals surface area contributed by atoms with Crippen molar-refractivity contribution in [2.24, 2.45) is 5.10 Å². The average molecular weight is 495 g/mol. The van der Waals surface area contributed by atoms with Gasteiger partial charge in [-0.15, -0.1) is 10.2 Å². The van der Waals surface area contributed by atoms with E-state index in [2.05, 4.69) is 63.2 Å². The number of nitrogens with one attached hydrogen (secondary N) is 1. The minimum absolute atomic E-state index is 0.192. The van der Waals surface area contributed by atoms with Gasteiger partial charge in [-0.2, -0.15) is 5.10 Å². The van der Waals surface area contributed by atoms with Crippen LogP contribution in [-0.2, 0) is 10.5 Å². The molecule has 0 aliphatic rings. The Morgan fingerprint density at radius 3 is 2.64 bits per heavy atom. The zero-order chi connectivity index (χ0) is 23.0. The number of aromatic nitrogens is 2. The van der Waals surface area contributed by atoms with Crippen molar-refractivity contribution in [2.75, 3.05) is 12.9 Å². The third-order valence-electron chi connectivity index (χ3n) is 4.78. The van der Waals surface area contributed by atoms with Gasteiger partial charge in [0.2, 0.25) is 0 Å².